The second-order valence-electron chi connectivity index (χ2n) is 7.58. The highest BCUT2D eigenvalue weighted by molar-refractivity contribution is 6.07. The van der Waals surface area contributed by atoms with Crippen molar-refractivity contribution in [3.05, 3.63) is 42.2 Å². The van der Waals surface area contributed by atoms with Gasteiger partial charge in [0, 0.05) is 31.0 Å². The number of nitrogens with zero attached hydrogens (tertiary/aromatic N) is 3. The van der Waals surface area contributed by atoms with Crippen molar-refractivity contribution in [2.75, 3.05) is 11.9 Å². The highest BCUT2D eigenvalue weighted by Gasteiger charge is 2.52. The molecule has 9 heteroatoms. The number of amides is 4. The Morgan fingerprint density at radius 2 is 1.97 bits per heavy atom. The number of hydrogen-bond donors (Lipinski definition) is 2. The SMILES string of the molecule is Cc1cc(Oc2ncccn2)ccc1NC(=O)CCN1C(=O)NC2(CCCC2)C1=O. The van der Waals surface area contributed by atoms with Gasteiger partial charge in [-0.25, -0.2) is 14.8 Å². The van der Waals surface area contributed by atoms with Crippen molar-refractivity contribution in [2.24, 2.45) is 0 Å². The minimum absolute atomic E-state index is 0.0325. The lowest BCUT2D eigenvalue weighted by Crippen LogP contribution is -2.44. The summed E-state index contributed by atoms with van der Waals surface area (Å²) >= 11 is 0. The molecule has 0 bridgehead atoms. The van der Waals surface area contributed by atoms with E-state index in [1.165, 1.54) is 0 Å². The normalized spacial score (nSPS) is 17.3. The van der Waals surface area contributed by atoms with Gasteiger partial charge in [0.05, 0.1) is 0 Å². The van der Waals surface area contributed by atoms with Gasteiger partial charge in [-0.15, -0.1) is 0 Å². The molecule has 2 fully saturated rings. The number of nitrogens with one attached hydrogen (secondary N) is 2. The predicted molar refractivity (Wildman–Crippen MR) is 108 cm³/mol. The maximum Gasteiger partial charge on any atom is 0.325 e. The highest BCUT2D eigenvalue weighted by Crippen LogP contribution is 2.35. The Hall–Kier alpha value is -3.49. The number of carbonyl (C=O) groups is 3. The minimum Gasteiger partial charge on any atom is -0.424 e. The van der Waals surface area contributed by atoms with Crippen LogP contribution in [0.3, 0.4) is 0 Å². The summed E-state index contributed by atoms with van der Waals surface area (Å²) in [6, 6.07) is 6.74. The first-order chi connectivity index (χ1) is 14.5. The summed E-state index contributed by atoms with van der Waals surface area (Å²) in [7, 11) is 0. The van der Waals surface area contributed by atoms with E-state index < -0.39 is 11.6 Å². The number of urea groups is 1. The van der Waals surface area contributed by atoms with E-state index in [0.717, 1.165) is 23.3 Å². The molecule has 0 unspecified atom stereocenters. The number of benzene rings is 1. The van der Waals surface area contributed by atoms with Gasteiger partial charge in [0.1, 0.15) is 11.3 Å². The number of imide groups is 1. The van der Waals surface area contributed by atoms with Crippen LogP contribution in [0.4, 0.5) is 10.5 Å². The summed E-state index contributed by atoms with van der Waals surface area (Å²) in [5.41, 5.74) is 0.685. The van der Waals surface area contributed by atoms with Crippen LogP contribution in [0.15, 0.2) is 36.7 Å². The lowest BCUT2D eigenvalue weighted by atomic mass is 9.98. The van der Waals surface area contributed by atoms with Crippen molar-refractivity contribution >= 4 is 23.5 Å². The molecule has 1 aromatic carbocycles. The molecule has 1 saturated carbocycles. The summed E-state index contributed by atoms with van der Waals surface area (Å²) in [6.45, 7) is 1.90. The van der Waals surface area contributed by atoms with Gasteiger partial charge in [0.2, 0.25) is 5.91 Å². The number of aryl methyl sites for hydroxylation is 1. The van der Waals surface area contributed by atoms with Gasteiger partial charge in [-0.1, -0.05) is 12.8 Å². The Kier molecular flexibility index (Phi) is 5.35. The van der Waals surface area contributed by atoms with Crippen LogP contribution >= 0.6 is 0 Å². The molecule has 9 nitrogen and oxygen atoms in total. The van der Waals surface area contributed by atoms with E-state index in [4.69, 9.17) is 4.74 Å². The molecule has 2 N–H and O–H groups in total. The zero-order valence-electron chi connectivity index (χ0n) is 16.7. The monoisotopic (exact) mass is 409 g/mol. The minimum atomic E-state index is -0.748. The Morgan fingerprint density at radius 3 is 2.67 bits per heavy atom. The van der Waals surface area contributed by atoms with Gasteiger partial charge in [0.15, 0.2) is 0 Å². The number of hydrogen-bond acceptors (Lipinski definition) is 6. The van der Waals surface area contributed by atoms with E-state index in [1.807, 2.05) is 6.92 Å². The average Bonchev–Trinajstić information content (AvgIpc) is 3.28. The maximum atomic E-state index is 12.6. The van der Waals surface area contributed by atoms with Crippen molar-refractivity contribution < 1.29 is 19.1 Å². The number of anilines is 1. The molecule has 2 heterocycles. The standard InChI is InChI=1S/C21H23N5O4/c1-14-13-15(30-19-22-10-4-11-23-19)5-6-16(14)24-17(27)7-12-26-18(28)21(25-20(26)29)8-2-3-9-21/h4-6,10-11,13H,2-3,7-9,12H2,1H3,(H,24,27)(H,25,29). The first kappa shape index (κ1) is 19.8. The molecule has 2 aromatic rings. The summed E-state index contributed by atoms with van der Waals surface area (Å²) in [5, 5.41) is 5.64. The molecular weight excluding hydrogens is 386 g/mol. The van der Waals surface area contributed by atoms with E-state index in [-0.39, 0.29) is 30.8 Å². The number of carbonyl (C=O) groups excluding carboxylic acids is 3. The van der Waals surface area contributed by atoms with Gasteiger partial charge >= 0.3 is 12.0 Å². The molecule has 1 saturated heterocycles. The Balaban J connectivity index is 1.33. The third-order valence-electron chi connectivity index (χ3n) is 5.49. The largest absolute Gasteiger partial charge is 0.424 e. The number of ether oxygens (including phenoxy) is 1. The van der Waals surface area contributed by atoms with E-state index >= 15 is 0 Å². The molecule has 0 radical (unpaired) electrons. The van der Waals surface area contributed by atoms with E-state index in [9.17, 15) is 14.4 Å². The van der Waals surface area contributed by atoms with Crippen LogP contribution < -0.4 is 15.4 Å². The van der Waals surface area contributed by atoms with Crippen molar-refractivity contribution in [3.8, 4) is 11.8 Å². The lowest BCUT2D eigenvalue weighted by Gasteiger charge is -2.20. The highest BCUT2D eigenvalue weighted by atomic mass is 16.5. The lowest BCUT2D eigenvalue weighted by molar-refractivity contribution is -0.131. The van der Waals surface area contributed by atoms with Gasteiger partial charge < -0.3 is 15.4 Å². The Morgan fingerprint density at radius 1 is 1.23 bits per heavy atom. The summed E-state index contributed by atoms with van der Waals surface area (Å²) in [6.07, 6.45) is 6.40. The second-order valence-corrected chi connectivity index (χ2v) is 7.58. The van der Waals surface area contributed by atoms with E-state index in [0.29, 0.717) is 24.3 Å². The third-order valence-corrected chi connectivity index (χ3v) is 5.49. The molecule has 156 valence electrons. The first-order valence-electron chi connectivity index (χ1n) is 9.96. The molecule has 30 heavy (non-hydrogen) atoms. The fourth-order valence-corrected chi connectivity index (χ4v) is 3.91. The number of rotatable bonds is 6. The molecular formula is C21H23N5O4. The van der Waals surface area contributed by atoms with Crippen molar-refractivity contribution in [1.82, 2.24) is 20.2 Å². The fourth-order valence-electron chi connectivity index (χ4n) is 3.91. The van der Waals surface area contributed by atoms with E-state index in [2.05, 4.69) is 20.6 Å². The van der Waals surface area contributed by atoms with Crippen molar-refractivity contribution in [1.29, 1.82) is 0 Å². The van der Waals surface area contributed by atoms with Gasteiger partial charge in [-0.2, -0.15) is 0 Å². The van der Waals surface area contributed by atoms with Crippen LogP contribution in [0.5, 0.6) is 11.8 Å². The van der Waals surface area contributed by atoms with Gasteiger partial charge in [-0.3, -0.25) is 14.5 Å². The topological polar surface area (TPSA) is 114 Å². The van der Waals surface area contributed by atoms with Crippen LogP contribution in [0, 0.1) is 6.92 Å². The van der Waals surface area contributed by atoms with Crippen LogP contribution in [0.2, 0.25) is 0 Å². The number of aromatic nitrogens is 2. The predicted octanol–water partition coefficient (Wildman–Crippen LogP) is 2.77. The maximum absolute atomic E-state index is 12.6. The molecule has 1 spiro atoms. The molecule has 1 aliphatic heterocycles. The second kappa shape index (κ2) is 8.10. The van der Waals surface area contributed by atoms with E-state index in [1.54, 1.807) is 36.7 Å². The van der Waals surface area contributed by atoms with Crippen LogP contribution in [-0.4, -0.2) is 44.8 Å². The quantitative estimate of drug-likeness (QED) is 0.709. The molecule has 4 rings (SSSR count). The van der Waals surface area contributed by atoms with Gasteiger partial charge in [0.25, 0.3) is 5.91 Å². The summed E-state index contributed by atoms with van der Waals surface area (Å²) < 4.78 is 5.58. The molecule has 0 atom stereocenters. The summed E-state index contributed by atoms with van der Waals surface area (Å²) in [5.74, 6) is 0.0719. The zero-order valence-corrected chi connectivity index (χ0v) is 16.7. The molecule has 1 aliphatic carbocycles. The van der Waals surface area contributed by atoms with Crippen LogP contribution in [-0.2, 0) is 9.59 Å². The Bertz CT molecular complexity index is 973. The van der Waals surface area contributed by atoms with Crippen molar-refractivity contribution in [2.45, 2.75) is 44.6 Å². The first-order valence-corrected chi connectivity index (χ1v) is 9.96. The van der Waals surface area contributed by atoms with Crippen LogP contribution in [0.25, 0.3) is 0 Å². The van der Waals surface area contributed by atoms with Gasteiger partial charge in [-0.05, 0) is 49.6 Å². The molecule has 4 amide bonds. The molecule has 2 aliphatic rings. The Labute approximate surface area is 173 Å². The van der Waals surface area contributed by atoms with Crippen LogP contribution in [0.1, 0.15) is 37.7 Å². The molecule has 1 aromatic heterocycles. The average molecular weight is 409 g/mol. The third kappa shape index (κ3) is 3.96. The zero-order chi connectivity index (χ0) is 21.1. The van der Waals surface area contributed by atoms with Crippen molar-refractivity contribution in [3.63, 3.8) is 0 Å². The summed E-state index contributed by atoms with van der Waals surface area (Å²) in [4.78, 5) is 46.4. The fraction of sp³-hybridized carbons (Fsp3) is 0.381. The smallest absolute Gasteiger partial charge is 0.325 e.